The van der Waals surface area contributed by atoms with E-state index in [-0.39, 0.29) is 12.6 Å². The van der Waals surface area contributed by atoms with Gasteiger partial charge in [-0.15, -0.1) is 11.3 Å². The Morgan fingerprint density at radius 3 is 3.17 bits per heavy atom. The van der Waals surface area contributed by atoms with Gasteiger partial charge in [0.15, 0.2) is 5.65 Å². The largest absolute Gasteiger partial charge is 0.392 e. The van der Waals surface area contributed by atoms with Crippen molar-refractivity contribution in [2.45, 2.75) is 6.61 Å². The minimum Gasteiger partial charge on any atom is -0.392 e. The molecule has 0 fully saturated rings. The van der Waals surface area contributed by atoms with Crippen LogP contribution >= 0.6 is 11.3 Å². The Balaban J connectivity index is 2.39. The standard InChI is InChI=1S/C12H9N3O2S/c16-6-8-2-1-3-9(4-8)15-11-10(18-7-14-11)5-13-12(15)17/h1-5,7,16H,6H2/i4D. The second-order valence-corrected chi connectivity index (χ2v) is 4.52. The van der Waals surface area contributed by atoms with Crippen LogP contribution in [0.15, 0.2) is 40.7 Å². The van der Waals surface area contributed by atoms with E-state index in [9.17, 15) is 9.90 Å². The fraction of sp³-hybridized carbons (Fsp3) is 0.0833. The number of aliphatic hydroxyl groups is 1. The van der Waals surface area contributed by atoms with Crippen LogP contribution in [0.3, 0.4) is 0 Å². The van der Waals surface area contributed by atoms with Crippen molar-refractivity contribution in [2.75, 3.05) is 0 Å². The number of aliphatic hydroxyl groups excluding tert-OH is 1. The van der Waals surface area contributed by atoms with Crippen LogP contribution in [-0.4, -0.2) is 19.6 Å². The van der Waals surface area contributed by atoms with Gasteiger partial charge in [0.1, 0.15) is 0 Å². The zero-order chi connectivity index (χ0) is 13.4. The van der Waals surface area contributed by atoms with Crippen LogP contribution in [0.1, 0.15) is 6.93 Å². The monoisotopic (exact) mass is 260 g/mol. The van der Waals surface area contributed by atoms with Crippen molar-refractivity contribution in [3.05, 3.63) is 52.0 Å². The summed E-state index contributed by atoms with van der Waals surface area (Å²) in [5.41, 5.74) is 2.45. The summed E-state index contributed by atoms with van der Waals surface area (Å²) in [6.07, 6.45) is 1.48. The molecule has 0 amide bonds. The number of benzene rings is 1. The number of fused-ring (bicyclic) bond motifs is 1. The Kier molecular flexibility index (Phi) is 2.38. The quantitative estimate of drug-likeness (QED) is 0.755. The van der Waals surface area contributed by atoms with Crippen LogP contribution in [0.5, 0.6) is 0 Å². The second kappa shape index (κ2) is 4.32. The zero-order valence-electron chi connectivity index (χ0n) is 10.2. The van der Waals surface area contributed by atoms with Gasteiger partial charge < -0.3 is 5.11 Å². The first kappa shape index (κ1) is 9.93. The zero-order valence-corrected chi connectivity index (χ0v) is 10.0. The van der Waals surface area contributed by atoms with E-state index in [0.717, 1.165) is 4.70 Å². The van der Waals surface area contributed by atoms with Crippen LogP contribution in [0.25, 0.3) is 16.0 Å². The molecule has 0 aliphatic carbocycles. The fourth-order valence-electron chi connectivity index (χ4n) is 1.71. The van der Waals surface area contributed by atoms with Crippen LogP contribution in [-0.2, 0) is 6.61 Å². The third-order valence-corrected chi connectivity index (χ3v) is 3.27. The number of hydrogen-bond donors (Lipinski definition) is 1. The number of nitrogens with zero attached hydrogens (tertiary/aromatic N) is 3. The van der Waals surface area contributed by atoms with Gasteiger partial charge in [0.2, 0.25) is 0 Å². The van der Waals surface area contributed by atoms with Crippen LogP contribution in [0.2, 0.25) is 0 Å². The summed E-state index contributed by atoms with van der Waals surface area (Å²) in [5, 5.41) is 9.20. The van der Waals surface area contributed by atoms with Crippen molar-refractivity contribution >= 4 is 21.7 Å². The Labute approximate surface area is 107 Å². The highest BCUT2D eigenvalue weighted by molar-refractivity contribution is 7.16. The van der Waals surface area contributed by atoms with E-state index < -0.39 is 5.69 Å². The average Bonchev–Trinajstić information content (AvgIpc) is 2.88. The van der Waals surface area contributed by atoms with Gasteiger partial charge in [0.25, 0.3) is 0 Å². The molecular weight excluding hydrogens is 250 g/mol. The van der Waals surface area contributed by atoms with E-state index in [1.807, 2.05) is 0 Å². The van der Waals surface area contributed by atoms with Gasteiger partial charge in [-0.1, -0.05) is 12.1 Å². The third kappa shape index (κ3) is 1.71. The molecule has 90 valence electrons. The lowest BCUT2D eigenvalue weighted by atomic mass is 10.2. The highest BCUT2D eigenvalue weighted by Gasteiger charge is 2.08. The van der Waals surface area contributed by atoms with Gasteiger partial charge in [0, 0.05) is 0 Å². The van der Waals surface area contributed by atoms with E-state index in [0.29, 0.717) is 16.9 Å². The van der Waals surface area contributed by atoms with Crippen molar-refractivity contribution < 1.29 is 6.48 Å². The molecule has 1 aromatic carbocycles. The fourth-order valence-corrected chi connectivity index (χ4v) is 2.34. The highest BCUT2D eigenvalue weighted by atomic mass is 32.1. The molecule has 2 heterocycles. The smallest absolute Gasteiger partial charge is 0.353 e. The second-order valence-electron chi connectivity index (χ2n) is 3.64. The molecule has 0 spiro atoms. The Bertz CT molecular complexity index is 812. The molecular formula is C12H9N3O2S. The predicted octanol–water partition coefficient (Wildman–Crippen LogP) is 1.33. The summed E-state index contributed by atoms with van der Waals surface area (Å²) < 4.78 is 10.1. The minimum absolute atomic E-state index is 0.106. The molecule has 2 aromatic heterocycles. The van der Waals surface area contributed by atoms with E-state index >= 15 is 0 Å². The Hall–Kier alpha value is -2.05. The molecule has 0 aliphatic heterocycles. The SMILES string of the molecule is [2H]c1c(CO)cccc1-n1c(=O)ncc2scnc21. The van der Waals surface area contributed by atoms with Crippen LogP contribution in [0, 0.1) is 0 Å². The lowest BCUT2D eigenvalue weighted by molar-refractivity contribution is 0.282. The first-order valence-corrected chi connectivity index (χ1v) is 6.11. The van der Waals surface area contributed by atoms with E-state index in [1.54, 1.807) is 23.7 Å². The third-order valence-electron chi connectivity index (χ3n) is 2.52. The summed E-state index contributed by atoms with van der Waals surface area (Å²) in [4.78, 5) is 19.9. The Morgan fingerprint density at radius 2 is 2.33 bits per heavy atom. The number of hydrogen-bond acceptors (Lipinski definition) is 5. The first-order chi connectivity index (χ1) is 9.22. The molecule has 0 saturated carbocycles. The maximum absolute atomic E-state index is 12.0. The number of rotatable bonds is 2. The highest BCUT2D eigenvalue weighted by Crippen LogP contribution is 2.18. The lowest BCUT2D eigenvalue weighted by Crippen LogP contribution is -2.21. The van der Waals surface area contributed by atoms with E-state index in [4.69, 9.17) is 1.37 Å². The molecule has 18 heavy (non-hydrogen) atoms. The van der Waals surface area contributed by atoms with Gasteiger partial charge in [0.05, 0.1) is 30.1 Å². The van der Waals surface area contributed by atoms with E-state index in [2.05, 4.69) is 9.97 Å². The van der Waals surface area contributed by atoms with Crippen molar-refractivity contribution in [1.82, 2.24) is 14.5 Å². The molecule has 3 rings (SSSR count). The van der Waals surface area contributed by atoms with Gasteiger partial charge in [-0.3, -0.25) is 0 Å². The van der Waals surface area contributed by atoms with Gasteiger partial charge in [-0.2, -0.15) is 4.98 Å². The van der Waals surface area contributed by atoms with Crippen molar-refractivity contribution in [3.63, 3.8) is 0 Å². The molecule has 3 aromatic rings. The van der Waals surface area contributed by atoms with Gasteiger partial charge in [-0.25, -0.2) is 14.3 Å². The summed E-state index contributed by atoms with van der Waals surface area (Å²) >= 11 is 1.38. The molecule has 0 bridgehead atoms. The maximum Gasteiger partial charge on any atom is 0.353 e. The molecule has 1 N–H and O–H groups in total. The molecule has 5 nitrogen and oxygen atoms in total. The molecule has 0 radical (unpaired) electrons. The summed E-state index contributed by atoms with van der Waals surface area (Å²) in [7, 11) is 0. The number of thiazole rings is 1. The first-order valence-electron chi connectivity index (χ1n) is 5.73. The summed E-state index contributed by atoms with van der Waals surface area (Å²) in [5.74, 6) is 0. The van der Waals surface area contributed by atoms with Crippen molar-refractivity contribution in [2.24, 2.45) is 0 Å². The summed E-state index contributed by atoms with van der Waals surface area (Å²) in [6.45, 7) is -0.248. The van der Waals surface area contributed by atoms with Crippen LogP contribution < -0.4 is 5.69 Å². The van der Waals surface area contributed by atoms with Gasteiger partial charge >= 0.3 is 5.69 Å². The predicted molar refractivity (Wildman–Crippen MR) is 68.9 cm³/mol. The topological polar surface area (TPSA) is 68.0 Å². The molecule has 0 aliphatic rings. The average molecular weight is 260 g/mol. The number of aromatic nitrogens is 3. The molecule has 0 unspecified atom stereocenters. The molecule has 0 saturated heterocycles. The molecule has 0 atom stereocenters. The molecule has 6 heteroatoms. The Morgan fingerprint density at radius 1 is 1.44 bits per heavy atom. The van der Waals surface area contributed by atoms with Crippen LogP contribution in [0.4, 0.5) is 0 Å². The lowest BCUT2D eigenvalue weighted by Gasteiger charge is -2.06. The minimum atomic E-state index is -0.484. The van der Waals surface area contributed by atoms with Crippen molar-refractivity contribution in [3.8, 4) is 5.69 Å². The van der Waals surface area contributed by atoms with Gasteiger partial charge in [-0.05, 0) is 17.7 Å². The summed E-state index contributed by atoms with van der Waals surface area (Å²) in [6, 6.07) is 5.08. The normalized spacial score (nSPS) is 11.7. The van der Waals surface area contributed by atoms with E-state index in [1.165, 1.54) is 22.1 Å². The maximum atomic E-state index is 12.0. The van der Waals surface area contributed by atoms with Crippen molar-refractivity contribution in [1.29, 1.82) is 0 Å².